The Morgan fingerprint density at radius 1 is 1.04 bits per heavy atom. The number of hydrogen-bond acceptors (Lipinski definition) is 9. The lowest BCUT2D eigenvalue weighted by molar-refractivity contribution is -0.134. The number of thiazole rings is 1. The average molecular weight is 641 g/mol. The van der Waals surface area contributed by atoms with Crippen molar-refractivity contribution in [3.05, 3.63) is 54.4 Å². The van der Waals surface area contributed by atoms with Gasteiger partial charge in [-0.05, 0) is 37.5 Å². The first kappa shape index (κ1) is 28.9. The Kier molecular flexibility index (Phi) is 6.98. The minimum atomic E-state index is -0.400. The monoisotopic (exact) mass is 640 g/mol. The average Bonchev–Trinajstić information content (AvgIpc) is 3.40. The van der Waals surface area contributed by atoms with Gasteiger partial charge in [0, 0.05) is 72.6 Å². The molecule has 13 heteroatoms. The molecule has 2 saturated heterocycles. The van der Waals surface area contributed by atoms with E-state index in [1.807, 2.05) is 67.8 Å². The van der Waals surface area contributed by atoms with Gasteiger partial charge >= 0.3 is 6.03 Å². The van der Waals surface area contributed by atoms with E-state index < -0.39 is 6.03 Å². The third-order valence-electron chi connectivity index (χ3n) is 9.06. The molecule has 1 saturated carbocycles. The van der Waals surface area contributed by atoms with Crippen LogP contribution in [0.15, 0.2) is 53.2 Å². The number of imidazole rings is 1. The second kappa shape index (κ2) is 11.1. The fourth-order valence-corrected chi connectivity index (χ4v) is 7.38. The van der Waals surface area contributed by atoms with Crippen molar-refractivity contribution in [2.24, 2.45) is 5.92 Å². The van der Waals surface area contributed by atoms with Crippen molar-refractivity contribution in [1.29, 1.82) is 0 Å². The normalized spacial score (nSPS) is 19.8. The number of aromatic nitrogens is 4. The van der Waals surface area contributed by atoms with Crippen LogP contribution in [0.2, 0.25) is 0 Å². The van der Waals surface area contributed by atoms with Gasteiger partial charge in [0.1, 0.15) is 17.2 Å². The summed E-state index contributed by atoms with van der Waals surface area (Å²) in [5, 5.41) is 9.46. The van der Waals surface area contributed by atoms with Crippen LogP contribution in [0.5, 0.6) is 5.88 Å². The van der Waals surface area contributed by atoms with E-state index in [1.165, 1.54) is 11.3 Å². The standard InChI is InChI=1S/C33H36N8O4S/c1-33(2,3)26-15-27(38-45-26)36-31(43)34-21-8-6-19(7-9-21)24-18-41-25-10-11-28(37-29(25)46-32(41)35-24)44-13-12-39-16-23-14-22(39)17-40(23)30(42)20-4-5-20/h6-11,15,18,20,22-23H,4-5,12-14,16-17H2,1-3H3,(H2,34,36,38,43)/t22-,23-/m0/s1. The molecule has 6 heterocycles. The van der Waals surface area contributed by atoms with Gasteiger partial charge in [-0.3, -0.25) is 19.4 Å². The van der Waals surface area contributed by atoms with E-state index in [4.69, 9.17) is 19.2 Å². The highest BCUT2D eigenvalue weighted by Gasteiger charge is 2.47. The van der Waals surface area contributed by atoms with Crippen molar-refractivity contribution in [3.8, 4) is 17.1 Å². The summed E-state index contributed by atoms with van der Waals surface area (Å²) in [6, 6.07) is 13.6. The second-order valence-electron chi connectivity index (χ2n) is 13.5. The number of amides is 3. The molecular formula is C33H36N8O4S. The maximum atomic E-state index is 12.5. The Bertz CT molecular complexity index is 1940. The van der Waals surface area contributed by atoms with Crippen LogP contribution in [0.3, 0.4) is 0 Å². The first-order chi connectivity index (χ1) is 22.2. The summed E-state index contributed by atoms with van der Waals surface area (Å²) in [6.45, 7) is 9.26. The van der Waals surface area contributed by atoms with Gasteiger partial charge in [0.05, 0.1) is 11.2 Å². The quantitative estimate of drug-likeness (QED) is 0.224. The molecule has 0 unspecified atom stereocenters. The molecule has 2 atom stereocenters. The van der Waals surface area contributed by atoms with E-state index in [9.17, 15) is 9.59 Å². The van der Waals surface area contributed by atoms with Gasteiger partial charge in [-0.2, -0.15) is 0 Å². The zero-order chi connectivity index (χ0) is 31.6. The molecule has 1 aromatic carbocycles. The van der Waals surface area contributed by atoms with Gasteiger partial charge in [0.25, 0.3) is 0 Å². The first-order valence-corrected chi connectivity index (χ1v) is 16.6. The van der Waals surface area contributed by atoms with E-state index in [0.29, 0.717) is 53.7 Å². The van der Waals surface area contributed by atoms with Crippen molar-refractivity contribution in [1.82, 2.24) is 29.3 Å². The Morgan fingerprint density at radius 3 is 2.59 bits per heavy atom. The number of nitrogens with zero attached hydrogens (tertiary/aromatic N) is 6. The predicted octanol–water partition coefficient (Wildman–Crippen LogP) is 5.61. The number of carbonyl (C=O) groups is 2. The molecule has 0 radical (unpaired) electrons. The Balaban J connectivity index is 0.861. The van der Waals surface area contributed by atoms with Crippen molar-refractivity contribution in [2.75, 3.05) is 36.9 Å². The number of nitrogens with one attached hydrogen (secondary N) is 2. The number of benzene rings is 1. The molecule has 2 bridgehead atoms. The van der Waals surface area contributed by atoms with Crippen LogP contribution >= 0.6 is 11.3 Å². The molecule has 46 heavy (non-hydrogen) atoms. The topological polar surface area (TPSA) is 130 Å². The van der Waals surface area contributed by atoms with Crippen molar-refractivity contribution >= 4 is 50.1 Å². The third-order valence-corrected chi connectivity index (χ3v) is 10.0. The summed E-state index contributed by atoms with van der Waals surface area (Å²) in [6.07, 6.45) is 5.22. The first-order valence-electron chi connectivity index (χ1n) is 15.8. The lowest BCUT2D eigenvalue weighted by atomic mass is 9.93. The molecule has 2 aliphatic heterocycles. The van der Waals surface area contributed by atoms with Gasteiger partial charge in [0.2, 0.25) is 11.8 Å². The highest BCUT2D eigenvalue weighted by Crippen LogP contribution is 2.37. The van der Waals surface area contributed by atoms with E-state index in [-0.39, 0.29) is 5.41 Å². The fourth-order valence-electron chi connectivity index (χ4n) is 6.40. The number of fused-ring (bicyclic) bond motifs is 5. The fraction of sp³-hybridized carbons (Fsp3) is 0.424. The van der Waals surface area contributed by atoms with Crippen molar-refractivity contribution in [3.63, 3.8) is 0 Å². The van der Waals surface area contributed by atoms with Gasteiger partial charge in [-0.15, -0.1) is 0 Å². The summed E-state index contributed by atoms with van der Waals surface area (Å²) in [7, 11) is 0. The van der Waals surface area contributed by atoms with E-state index in [1.54, 1.807) is 6.07 Å². The van der Waals surface area contributed by atoms with Gasteiger partial charge in [-0.25, -0.2) is 14.8 Å². The Morgan fingerprint density at radius 2 is 1.87 bits per heavy atom. The molecule has 238 valence electrons. The van der Waals surface area contributed by atoms with Crippen LogP contribution < -0.4 is 15.4 Å². The zero-order valence-electron chi connectivity index (χ0n) is 26.0. The molecule has 3 amide bonds. The smallest absolute Gasteiger partial charge is 0.324 e. The van der Waals surface area contributed by atoms with Crippen LogP contribution in [0.1, 0.15) is 45.8 Å². The van der Waals surface area contributed by atoms with E-state index in [0.717, 1.165) is 65.5 Å². The molecular weight excluding hydrogens is 604 g/mol. The lowest BCUT2D eigenvalue weighted by Crippen LogP contribution is -2.50. The molecule has 1 aliphatic carbocycles. The number of hydrogen-bond donors (Lipinski definition) is 2. The van der Waals surface area contributed by atoms with Crippen LogP contribution in [-0.4, -0.2) is 79.6 Å². The number of rotatable bonds is 8. The van der Waals surface area contributed by atoms with E-state index in [2.05, 4.69) is 25.6 Å². The third kappa shape index (κ3) is 5.58. The van der Waals surface area contributed by atoms with Crippen LogP contribution in [0.4, 0.5) is 16.3 Å². The summed E-state index contributed by atoms with van der Waals surface area (Å²) >= 11 is 1.52. The molecule has 3 aliphatic rings. The van der Waals surface area contributed by atoms with E-state index >= 15 is 0 Å². The minimum Gasteiger partial charge on any atom is -0.476 e. The largest absolute Gasteiger partial charge is 0.476 e. The zero-order valence-corrected chi connectivity index (χ0v) is 26.8. The summed E-state index contributed by atoms with van der Waals surface area (Å²) < 4.78 is 13.4. The molecule has 12 nitrogen and oxygen atoms in total. The number of ether oxygens (including phenoxy) is 1. The molecule has 2 N–H and O–H groups in total. The SMILES string of the molecule is CC(C)(C)c1cc(NC(=O)Nc2ccc(-c3cn4c(n3)sc3nc(OCCN5C[C@@H]6C[C@H]5CN6C(=O)C5CC5)ccc34)cc2)no1. The van der Waals surface area contributed by atoms with Gasteiger partial charge in [0.15, 0.2) is 10.8 Å². The highest BCUT2D eigenvalue weighted by atomic mass is 32.1. The number of likely N-dealkylation sites (tertiary alicyclic amines) is 2. The van der Waals surface area contributed by atoms with Crippen LogP contribution in [0.25, 0.3) is 26.6 Å². The minimum absolute atomic E-state index is 0.197. The van der Waals surface area contributed by atoms with Gasteiger partial charge < -0.3 is 19.5 Å². The number of piperazine rings is 1. The number of carbonyl (C=O) groups excluding carboxylic acids is 2. The molecule has 8 rings (SSSR count). The maximum absolute atomic E-state index is 12.5. The molecule has 4 aromatic heterocycles. The second-order valence-corrected chi connectivity index (χ2v) is 14.4. The maximum Gasteiger partial charge on any atom is 0.324 e. The van der Waals surface area contributed by atoms with Crippen molar-refractivity contribution < 1.29 is 18.8 Å². The summed E-state index contributed by atoms with van der Waals surface area (Å²) in [5.41, 5.74) is 3.19. The molecule has 5 aromatic rings. The Hall–Kier alpha value is -4.49. The van der Waals surface area contributed by atoms with Crippen molar-refractivity contribution in [2.45, 2.75) is 57.5 Å². The van der Waals surface area contributed by atoms with Gasteiger partial charge in [-0.1, -0.05) is 49.4 Å². The molecule has 3 fully saturated rings. The number of pyridine rings is 1. The van der Waals surface area contributed by atoms with Crippen LogP contribution in [-0.2, 0) is 10.2 Å². The number of anilines is 2. The number of urea groups is 1. The molecule has 0 spiro atoms. The lowest BCUT2D eigenvalue weighted by Gasteiger charge is -2.34. The predicted molar refractivity (Wildman–Crippen MR) is 175 cm³/mol. The van der Waals surface area contributed by atoms with Crippen LogP contribution in [0, 0.1) is 5.92 Å². The highest BCUT2D eigenvalue weighted by molar-refractivity contribution is 7.23. The summed E-state index contributed by atoms with van der Waals surface area (Å²) in [5.74, 6) is 2.34. The summed E-state index contributed by atoms with van der Waals surface area (Å²) in [4.78, 5) is 40.9. The Labute approximate surface area is 269 Å².